The Labute approximate surface area is 190 Å². The number of para-hydroxylation sites is 1. The molecular formula is C20H15BrN4O6S. The van der Waals surface area contributed by atoms with Crippen molar-refractivity contribution >= 4 is 55.2 Å². The number of nitro benzene ring substituents is 1. The lowest BCUT2D eigenvalue weighted by molar-refractivity contribution is -0.384. The van der Waals surface area contributed by atoms with Crippen molar-refractivity contribution in [3.8, 4) is 0 Å². The molecule has 0 saturated heterocycles. The highest BCUT2D eigenvalue weighted by atomic mass is 79.9. The van der Waals surface area contributed by atoms with Gasteiger partial charge in [-0.3, -0.25) is 20.3 Å². The predicted octanol–water partition coefficient (Wildman–Crippen LogP) is 4.30. The van der Waals surface area contributed by atoms with Crippen LogP contribution in [-0.2, 0) is 10.0 Å². The topological polar surface area (TPSA) is 151 Å². The van der Waals surface area contributed by atoms with Gasteiger partial charge >= 0.3 is 5.97 Å². The van der Waals surface area contributed by atoms with Crippen LogP contribution >= 0.6 is 15.9 Å². The van der Waals surface area contributed by atoms with Crippen LogP contribution in [0.25, 0.3) is 0 Å². The molecule has 12 heteroatoms. The van der Waals surface area contributed by atoms with Crippen LogP contribution < -0.4 is 10.1 Å². The first-order valence-corrected chi connectivity index (χ1v) is 11.1. The standard InChI is InChI=1S/C20H15BrN4O6S/c21-14-7-5-13(6-8-14)12-22-23-18-10-9-15(11-19(18)25(28)29)32(30,31)24-17-4-2-1-3-16(17)20(26)27/h1-12,23-24H,(H,26,27)/b22-12+. The molecule has 3 rings (SSSR count). The minimum atomic E-state index is -4.30. The van der Waals surface area contributed by atoms with Gasteiger partial charge in [-0.15, -0.1) is 0 Å². The number of nitro groups is 1. The lowest BCUT2D eigenvalue weighted by Crippen LogP contribution is -2.16. The van der Waals surface area contributed by atoms with Gasteiger partial charge in [0.2, 0.25) is 0 Å². The van der Waals surface area contributed by atoms with E-state index in [1.807, 2.05) is 0 Å². The van der Waals surface area contributed by atoms with E-state index in [0.717, 1.165) is 22.2 Å². The maximum absolute atomic E-state index is 12.7. The molecule has 0 unspecified atom stereocenters. The minimum Gasteiger partial charge on any atom is -0.478 e. The summed E-state index contributed by atoms with van der Waals surface area (Å²) in [6.07, 6.45) is 1.45. The Hall–Kier alpha value is -3.77. The third-order valence-corrected chi connectivity index (χ3v) is 6.04. The van der Waals surface area contributed by atoms with Gasteiger partial charge in [0.25, 0.3) is 15.7 Å². The number of benzene rings is 3. The summed E-state index contributed by atoms with van der Waals surface area (Å²) in [7, 11) is -4.30. The fourth-order valence-electron chi connectivity index (χ4n) is 2.61. The number of hydrazone groups is 1. The molecule has 0 amide bonds. The minimum absolute atomic E-state index is 0.0201. The molecule has 164 valence electrons. The van der Waals surface area contributed by atoms with E-state index in [1.165, 1.54) is 36.5 Å². The van der Waals surface area contributed by atoms with Crippen molar-refractivity contribution in [3.63, 3.8) is 0 Å². The second-order valence-electron chi connectivity index (χ2n) is 6.31. The van der Waals surface area contributed by atoms with Gasteiger partial charge in [0.15, 0.2) is 0 Å². The molecule has 32 heavy (non-hydrogen) atoms. The molecule has 3 aromatic rings. The number of sulfonamides is 1. The van der Waals surface area contributed by atoms with Crippen molar-refractivity contribution in [3.05, 3.63) is 92.4 Å². The largest absolute Gasteiger partial charge is 0.478 e. The van der Waals surface area contributed by atoms with Gasteiger partial charge in [-0.1, -0.05) is 40.2 Å². The normalized spacial score (nSPS) is 11.3. The lowest BCUT2D eigenvalue weighted by Gasteiger charge is -2.11. The molecule has 0 fully saturated rings. The van der Waals surface area contributed by atoms with Gasteiger partial charge in [0.05, 0.1) is 27.3 Å². The number of carboxylic acid groups (broad SMARTS) is 1. The number of hydrogen-bond acceptors (Lipinski definition) is 7. The zero-order valence-corrected chi connectivity index (χ0v) is 18.5. The summed E-state index contributed by atoms with van der Waals surface area (Å²) >= 11 is 3.31. The molecule has 0 aliphatic carbocycles. The van der Waals surface area contributed by atoms with Crippen molar-refractivity contribution < 1.29 is 23.2 Å². The number of hydrogen-bond donors (Lipinski definition) is 3. The number of aromatic carboxylic acids is 1. The van der Waals surface area contributed by atoms with Gasteiger partial charge in [-0.05, 0) is 42.0 Å². The van der Waals surface area contributed by atoms with E-state index >= 15 is 0 Å². The summed E-state index contributed by atoms with van der Waals surface area (Å²) in [6, 6.07) is 15.8. The Bertz CT molecular complexity index is 1310. The van der Waals surface area contributed by atoms with Crippen LogP contribution in [0.1, 0.15) is 15.9 Å². The third-order valence-electron chi connectivity index (χ3n) is 4.15. The Morgan fingerprint density at radius 3 is 2.41 bits per heavy atom. The fourth-order valence-corrected chi connectivity index (χ4v) is 3.98. The monoisotopic (exact) mass is 518 g/mol. The Morgan fingerprint density at radius 2 is 1.75 bits per heavy atom. The van der Waals surface area contributed by atoms with Crippen LogP contribution in [0.3, 0.4) is 0 Å². The summed E-state index contributed by atoms with van der Waals surface area (Å²) in [5.74, 6) is -1.32. The van der Waals surface area contributed by atoms with Gasteiger partial charge in [0, 0.05) is 10.5 Å². The molecule has 3 aromatic carbocycles. The molecule has 0 aliphatic rings. The molecule has 0 aliphatic heterocycles. The van der Waals surface area contributed by atoms with Crippen molar-refractivity contribution in [1.29, 1.82) is 0 Å². The number of nitrogens with zero attached hydrogens (tertiary/aromatic N) is 2. The first-order chi connectivity index (χ1) is 15.2. The maximum atomic E-state index is 12.7. The predicted molar refractivity (Wildman–Crippen MR) is 123 cm³/mol. The number of carboxylic acids is 1. The first-order valence-electron chi connectivity index (χ1n) is 8.85. The van der Waals surface area contributed by atoms with Crippen LogP contribution in [0.4, 0.5) is 17.1 Å². The summed E-state index contributed by atoms with van der Waals surface area (Å²) in [4.78, 5) is 21.6. The van der Waals surface area contributed by atoms with E-state index in [0.29, 0.717) is 0 Å². The summed E-state index contributed by atoms with van der Waals surface area (Å²) in [5.41, 5.74) is 2.31. The van der Waals surface area contributed by atoms with Gasteiger partial charge in [-0.25, -0.2) is 13.2 Å². The lowest BCUT2D eigenvalue weighted by atomic mass is 10.2. The quantitative estimate of drug-likeness (QED) is 0.228. The van der Waals surface area contributed by atoms with E-state index < -0.39 is 31.5 Å². The number of halogens is 1. The van der Waals surface area contributed by atoms with E-state index in [9.17, 15) is 28.4 Å². The van der Waals surface area contributed by atoms with Crippen molar-refractivity contribution in [1.82, 2.24) is 0 Å². The molecule has 3 N–H and O–H groups in total. The van der Waals surface area contributed by atoms with Crippen LogP contribution in [0, 0.1) is 10.1 Å². The molecule has 0 atom stereocenters. The molecule has 10 nitrogen and oxygen atoms in total. The number of rotatable bonds is 8. The Morgan fingerprint density at radius 1 is 1.06 bits per heavy atom. The maximum Gasteiger partial charge on any atom is 0.337 e. The van der Waals surface area contributed by atoms with Gasteiger partial charge in [0.1, 0.15) is 5.69 Å². The van der Waals surface area contributed by atoms with Crippen LogP contribution in [0.15, 0.2) is 81.2 Å². The van der Waals surface area contributed by atoms with Gasteiger partial charge < -0.3 is 5.11 Å². The van der Waals surface area contributed by atoms with Crippen LogP contribution in [0.2, 0.25) is 0 Å². The SMILES string of the molecule is O=C(O)c1ccccc1NS(=O)(=O)c1ccc(N/N=C/c2ccc(Br)cc2)c([N+](=O)[O-])c1. The molecule has 0 saturated carbocycles. The smallest absolute Gasteiger partial charge is 0.337 e. The van der Waals surface area contributed by atoms with Crippen LogP contribution in [0.5, 0.6) is 0 Å². The second kappa shape index (κ2) is 9.58. The Balaban J connectivity index is 1.87. The average molecular weight is 519 g/mol. The molecule has 0 radical (unpaired) electrons. The highest BCUT2D eigenvalue weighted by Gasteiger charge is 2.23. The van der Waals surface area contributed by atoms with Crippen molar-refractivity contribution in [2.75, 3.05) is 10.1 Å². The molecule has 0 aromatic heterocycles. The highest BCUT2D eigenvalue weighted by molar-refractivity contribution is 9.10. The zero-order valence-electron chi connectivity index (χ0n) is 16.1. The van der Waals surface area contributed by atoms with E-state index in [-0.39, 0.29) is 16.9 Å². The molecule has 0 spiro atoms. The average Bonchev–Trinajstić information content (AvgIpc) is 2.75. The van der Waals surface area contributed by atoms with E-state index in [2.05, 4.69) is 31.2 Å². The summed E-state index contributed by atoms with van der Waals surface area (Å²) in [6.45, 7) is 0. The van der Waals surface area contributed by atoms with Crippen molar-refractivity contribution in [2.24, 2.45) is 5.10 Å². The van der Waals surface area contributed by atoms with E-state index in [1.54, 1.807) is 24.3 Å². The van der Waals surface area contributed by atoms with E-state index in [4.69, 9.17) is 0 Å². The van der Waals surface area contributed by atoms with Crippen molar-refractivity contribution in [2.45, 2.75) is 4.90 Å². The molecule has 0 heterocycles. The highest BCUT2D eigenvalue weighted by Crippen LogP contribution is 2.29. The molecular weight excluding hydrogens is 504 g/mol. The number of carbonyl (C=O) groups is 1. The molecule has 0 bridgehead atoms. The Kier molecular flexibility index (Phi) is 6.85. The number of anilines is 2. The summed E-state index contributed by atoms with van der Waals surface area (Å²) < 4.78 is 28.5. The third kappa shape index (κ3) is 5.47. The first kappa shape index (κ1) is 22.9. The zero-order chi connectivity index (χ0) is 23.3. The number of nitrogens with one attached hydrogen (secondary N) is 2. The van der Waals surface area contributed by atoms with Crippen LogP contribution in [-0.4, -0.2) is 30.6 Å². The fraction of sp³-hybridized carbons (Fsp3) is 0. The second-order valence-corrected chi connectivity index (χ2v) is 8.91. The summed E-state index contributed by atoms with van der Waals surface area (Å²) in [5, 5.41) is 24.7. The van der Waals surface area contributed by atoms with Gasteiger partial charge in [-0.2, -0.15) is 5.10 Å².